The van der Waals surface area contributed by atoms with Crippen LogP contribution < -0.4 is 0 Å². The molecule has 0 radical (unpaired) electrons. The smallest absolute Gasteiger partial charge is 0.244 e. The highest BCUT2D eigenvalue weighted by Crippen LogP contribution is 2.38. The van der Waals surface area contributed by atoms with Gasteiger partial charge in [-0.25, -0.2) is 8.42 Å². The monoisotopic (exact) mass is 540 g/mol. The summed E-state index contributed by atoms with van der Waals surface area (Å²) >= 11 is 1.72. The zero-order valence-electron chi connectivity index (χ0n) is 22.3. The maximum absolute atomic E-state index is 14.0. The van der Waals surface area contributed by atoms with Gasteiger partial charge < -0.3 is 9.64 Å². The van der Waals surface area contributed by atoms with Crippen LogP contribution in [0.5, 0.6) is 0 Å². The van der Waals surface area contributed by atoms with Gasteiger partial charge in [0.05, 0.1) is 17.5 Å². The van der Waals surface area contributed by atoms with Crippen LogP contribution in [-0.4, -0.2) is 56.9 Å². The number of thiophene rings is 1. The van der Waals surface area contributed by atoms with Crippen LogP contribution in [-0.2, 0) is 26.0 Å². The summed E-state index contributed by atoms with van der Waals surface area (Å²) in [6.07, 6.45) is 1.27. The van der Waals surface area contributed by atoms with E-state index in [1.807, 2.05) is 44.7 Å². The number of amides is 1. The van der Waals surface area contributed by atoms with Crippen molar-refractivity contribution in [1.82, 2.24) is 9.21 Å². The average molecular weight is 541 g/mol. The summed E-state index contributed by atoms with van der Waals surface area (Å²) in [4.78, 5) is 17.3. The van der Waals surface area contributed by atoms with E-state index in [2.05, 4.69) is 35.7 Å². The molecule has 0 N–H and O–H groups in total. The van der Waals surface area contributed by atoms with E-state index >= 15 is 0 Å². The summed E-state index contributed by atoms with van der Waals surface area (Å²) in [6, 6.07) is 13.9. The average Bonchev–Trinajstić information content (AvgIpc) is 3.31. The number of aryl methyl sites for hydroxylation is 4. The van der Waals surface area contributed by atoms with Crippen molar-refractivity contribution in [2.24, 2.45) is 0 Å². The Hall–Kier alpha value is -2.52. The Kier molecular flexibility index (Phi) is 8.53. The number of nitrogens with zero attached hydrogens (tertiary/aromatic N) is 2. The van der Waals surface area contributed by atoms with Crippen LogP contribution in [0.15, 0.2) is 52.7 Å². The number of hydrogen-bond donors (Lipinski definition) is 0. The Morgan fingerprint density at radius 1 is 1.05 bits per heavy atom. The maximum Gasteiger partial charge on any atom is 0.244 e. The molecule has 1 unspecified atom stereocenters. The van der Waals surface area contributed by atoms with Gasteiger partial charge in [0.1, 0.15) is 0 Å². The zero-order valence-corrected chi connectivity index (χ0v) is 23.9. The van der Waals surface area contributed by atoms with Crippen molar-refractivity contribution in [2.45, 2.75) is 51.5 Å². The van der Waals surface area contributed by atoms with Crippen molar-refractivity contribution >= 4 is 27.3 Å². The number of benzene rings is 2. The van der Waals surface area contributed by atoms with Crippen LogP contribution in [0.1, 0.15) is 50.7 Å². The van der Waals surface area contributed by atoms with Gasteiger partial charge in [-0.15, -0.1) is 11.3 Å². The van der Waals surface area contributed by atoms with E-state index in [0.29, 0.717) is 30.7 Å². The molecule has 3 aromatic rings. The molecule has 1 aromatic heterocycles. The Morgan fingerprint density at radius 3 is 2.38 bits per heavy atom. The van der Waals surface area contributed by atoms with Gasteiger partial charge in [-0.05, 0) is 74.2 Å². The largest absolute Gasteiger partial charge is 0.385 e. The van der Waals surface area contributed by atoms with Crippen LogP contribution in [0.3, 0.4) is 0 Å². The molecule has 6 nitrogen and oxygen atoms in total. The molecule has 0 saturated heterocycles. The highest BCUT2D eigenvalue weighted by Gasteiger charge is 2.36. The molecule has 0 fully saturated rings. The van der Waals surface area contributed by atoms with Gasteiger partial charge in [0.15, 0.2) is 0 Å². The molecule has 2 aromatic carbocycles. The minimum Gasteiger partial charge on any atom is -0.385 e. The normalized spacial score (nSPS) is 15.7. The van der Waals surface area contributed by atoms with Crippen LogP contribution in [0.4, 0.5) is 0 Å². The van der Waals surface area contributed by atoms with E-state index in [1.54, 1.807) is 18.4 Å². The second kappa shape index (κ2) is 11.5. The lowest BCUT2D eigenvalue weighted by molar-refractivity contribution is -0.133. The lowest BCUT2D eigenvalue weighted by atomic mass is 9.92. The number of rotatable bonds is 9. The Bertz CT molecular complexity index is 1340. The third-order valence-electron chi connectivity index (χ3n) is 6.95. The number of carbonyl (C=O) groups is 1. The quantitative estimate of drug-likeness (QED) is 0.351. The highest BCUT2D eigenvalue weighted by molar-refractivity contribution is 7.89. The molecule has 8 heteroatoms. The zero-order chi connectivity index (χ0) is 26.7. The van der Waals surface area contributed by atoms with E-state index in [4.69, 9.17) is 4.74 Å². The van der Waals surface area contributed by atoms with Gasteiger partial charge >= 0.3 is 0 Å². The van der Waals surface area contributed by atoms with Crippen molar-refractivity contribution in [3.63, 3.8) is 0 Å². The summed E-state index contributed by atoms with van der Waals surface area (Å²) in [6.45, 7) is 8.61. The molecule has 198 valence electrons. The SMILES string of the molecule is COCCCN(CC(=O)N1CCc2sccc2C1c1ccc(C)cc1)S(=O)(=O)c1c(C)cc(C)cc1C. The number of hydrogen-bond acceptors (Lipinski definition) is 5. The van der Waals surface area contributed by atoms with Crippen LogP contribution >= 0.6 is 11.3 Å². The summed E-state index contributed by atoms with van der Waals surface area (Å²) in [5, 5.41) is 2.07. The number of ether oxygens (including phenoxy) is 1. The van der Waals surface area contributed by atoms with Gasteiger partial charge in [0.25, 0.3) is 0 Å². The molecule has 0 saturated carbocycles. The van der Waals surface area contributed by atoms with Gasteiger partial charge in [-0.3, -0.25) is 4.79 Å². The van der Waals surface area contributed by atoms with Crippen molar-refractivity contribution < 1.29 is 17.9 Å². The van der Waals surface area contributed by atoms with Crippen molar-refractivity contribution in [2.75, 3.05) is 33.4 Å². The van der Waals surface area contributed by atoms with Crippen molar-refractivity contribution in [1.29, 1.82) is 0 Å². The Balaban J connectivity index is 1.68. The summed E-state index contributed by atoms with van der Waals surface area (Å²) < 4.78 is 34.5. The van der Waals surface area contributed by atoms with Crippen LogP contribution in [0.25, 0.3) is 0 Å². The predicted octanol–water partition coefficient (Wildman–Crippen LogP) is 5.18. The molecular formula is C29H36N2O4S2. The molecule has 2 heterocycles. The highest BCUT2D eigenvalue weighted by atomic mass is 32.2. The van der Waals surface area contributed by atoms with E-state index in [0.717, 1.165) is 28.7 Å². The van der Waals surface area contributed by atoms with Gasteiger partial charge in [0.2, 0.25) is 15.9 Å². The Morgan fingerprint density at radius 2 is 1.73 bits per heavy atom. The topological polar surface area (TPSA) is 66.9 Å². The third kappa shape index (κ3) is 5.82. The number of carbonyl (C=O) groups excluding carboxylic acids is 1. The molecule has 0 spiro atoms. The molecular weight excluding hydrogens is 504 g/mol. The first kappa shape index (κ1) is 27.5. The van der Waals surface area contributed by atoms with Crippen LogP contribution in [0.2, 0.25) is 0 Å². The van der Waals surface area contributed by atoms with Gasteiger partial charge in [0, 0.05) is 31.7 Å². The fourth-order valence-electron chi connectivity index (χ4n) is 5.31. The van der Waals surface area contributed by atoms with E-state index in [-0.39, 0.29) is 29.9 Å². The second-order valence-corrected chi connectivity index (χ2v) is 12.7. The second-order valence-electron chi connectivity index (χ2n) is 9.86. The lowest BCUT2D eigenvalue weighted by Gasteiger charge is -2.37. The van der Waals surface area contributed by atoms with E-state index < -0.39 is 10.0 Å². The first-order valence-electron chi connectivity index (χ1n) is 12.6. The number of sulfonamides is 1. The number of fused-ring (bicyclic) bond motifs is 1. The third-order valence-corrected chi connectivity index (χ3v) is 10.1. The van der Waals surface area contributed by atoms with E-state index in [9.17, 15) is 13.2 Å². The van der Waals surface area contributed by atoms with E-state index in [1.165, 1.54) is 9.18 Å². The maximum atomic E-state index is 14.0. The molecule has 4 rings (SSSR count). The van der Waals surface area contributed by atoms with Crippen molar-refractivity contribution in [3.05, 3.63) is 86.1 Å². The van der Waals surface area contributed by atoms with Crippen LogP contribution in [0, 0.1) is 27.7 Å². The minimum atomic E-state index is -3.90. The first-order valence-corrected chi connectivity index (χ1v) is 14.9. The number of methoxy groups -OCH3 is 1. The van der Waals surface area contributed by atoms with Gasteiger partial charge in [-0.2, -0.15) is 4.31 Å². The standard InChI is InChI=1S/C29H36N2O4S2/c1-20-7-9-24(10-8-20)28-25-12-16-36-26(25)11-14-31(28)27(32)19-30(13-6-15-35-5)37(33,34)29-22(3)17-21(2)18-23(29)4/h7-10,12,16-18,28H,6,11,13-15,19H2,1-5H3. The fraction of sp³-hybridized carbons (Fsp3) is 0.414. The fourth-order valence-corrected chi connectivity index (χ4v) is 8.05. The predicted molar refractivity (Wildman–Crippen MR) is 149 cm³/mol. The summed E-state index contributed by atoms with van der Waals surface area (Å²) in [5.41, 5.74) is 5.73. The molecule has 1 amide bonds. The molecule has 0 bridgehead atoms. The molecule has 1 aliphatic rings. The summed E-state index contributed by atoms with van der Waals surface area (Å²) in [5.74, 6) is -0.189. The lowest BCUT2D eigenvalue weighted by Crippen LogP contribution is -2.47. The summed E-state index contributed by atoms with van der Waals surface area (Å²) in [7, 11) is -2.30. The van der Waals surface area contributed by atoms with Crippen molar-refractivity contribution in [3.8, 4) is 0 Å². The molecule has 0 aliphatic carbocycles. The molecule has 1 atom stereocenters. The van der Waals surface area contributed by atoms with Gasteiger partial charge in [-0.1, -0.05) is 47.5 Å². The minimum absolute atomic E-state index is 0.189. The first-order chi connectivity index (χ1) is 17.6. The molecule has 1 aliphatic heterocycles. The Labute approximate surface area is 224 Å². The molecule has 37 heavy (non-hydrogen) atoms.